The highest BCUT2D eigenvalue weighted by atomic mass is 16.5. The number of benzene rings is 2. The Morgan fingerprint density at radius 1 is 1.06 bits per heavy atom. The first-order valence-corrected chi connectivity index (χ1v) is 12.5. The van der Waals surface area contributed by atoms with Gasteiger partial charge in [0.2, 0.25) is 0 Å². The van der Waals surface area contributed by atoms with Crippen LogP contribution in [0.3, 0.4) is 0 Å². The quantitative estimate of drug-likeness (QED) is 0.470. The average Bonchev–Trinajstić information content (AvgIpc) is 3.59. The summed E-state index contributed by atoms with van der Waals surface area (Å²) in [6, 6.07) is 13.3. The molecule has 1 aromatic heterocycles. The van der Waals surface area contributed by atoms with E-state index in [4.69, 9.17) is 14.2 Å². The van der Waals surface area contributed by atoms with Gasteiger partial charge in [-0.15, -0.1) is 0 Å². The van der Waals surface area contributed by atoms with Crippen molar-refractivity contribution in [2.75, 3.05) is 31.7 Å². The molecule has 2 aliphatic rings. The summed E-state index contributed by atoms with van der Waals surface area (Å²) in [6.07, 6.45) is 6.80. The van der Waals surface area contributed by atoms with E-state index in [1.807, 2.05) is 37.4 Å². The molecule has 2 N–H and O–H groups in total. The van der Waals surface area contributed by atoms with Crippen LogP contribution in [0.5, 0.6) is 5.75 Å². The number of aryl methyl sites for hydroxylation is 1. The predicted octanol–water partition coefficient (Wildman–Crippen LogP) is 4.62. The summed E-state index contributed by atoms with van der Waals surface area (Å²) in [5, 5.41) is 7.56. The van der Waals surface area contributed by atoms with Crippen molar-refractivity contribution in [1.29, 1.82) is 0 Å². The summed E-state index contributed by atoms with van der Waals surface area (Å²) < 4.78 is 17.0. The SMILES string of the molecule is Cc1c(NC(=O)c2ccc(OC[C@@H]3CCCO3)cc2)ccc2cc(CNCC3CCCO3)cnc12. The fourth-order valence-electron chi connectivity index (χ4n) is 4.67. The van der Waals surface area contributed by atoms with Crippen molar-refractivity contribution >= 4 is 22.5 Å². The van der Waals surface area contributed by atoms with Gasteiger partial charge < -0.3 is 24.8 Å². The molecule has 184 valence electrons. The number of carbonyl (C=O) groups excluding carboxylic acids is 1. The summed E-state index contributed by atoms with van der Waals surface area (Å²) in [6.45, 7) is 5.84. The average molecular weight is 476 g/mol. The maximum absolute atomic E-state index is 12.9. The molecule has 0 spiro atoms. The van der Waals surface area contributed by atoms with Gasteiger partial charge in [-0.05, 0) is 80.1 Å². The number of rotatable bonds is 9. The number of hydrogen-bond donors (Lipinski definition) is 2. The number of hydrogen-bond acceptors (Lipinski definition) is 6. The highest BCUT2D eigenvalue weighted by Crippen LogP contribution is 2.25. The molecule has 3 aromatic rings. The van der Waals surface area contributed by atoms with Crippen molar-refractivity contribution in [3.63, 3.8) is 0 Å². The fourth-order valence-corrected chi connectivity index (χ4v) is 4.67. The third-order valence-corrected chi connectivity index (χ3v) is 6.71. The molecule has 3 heterocycles. The highest BCUT2D eigenvalue weighted by Gasteiger charge is 2.17. The molecule has 2 fully saturated rings. The lowest BCUT2D eigenvalue weighted by atomic mass is 10.1. The van der Waals surface area contributed by atoms with E-state index in [1.54, 1.807) is 12.1 Å². The Bertz CT molecular complexity index is 1150. The summed E-state index contributed by atoms with van der Waals surface area (Å²) >= 11 is 0. The van der Waals surface area contributed by atoms with Crippen LogP contribution in [-0.4, -0.2) is 49.5 Å². The standard InChI is InChI=1S/C28H33N3O4/c1-19-26(31-28(32)21-6-9-23(10-7-21)35-18-25-5-3-13-34-25)11-8-22-14-20(16-30-27(19)22)15-29-17-24-4-2-12-33-24/h6-11,14,16,24-25,29H,2-5,12-13,15,17-18H2,1H3,(H,31,32)/t24?,25-/m0/s1. The largest absolute Gasteiger partial charge is 0.491 e. The maximum atomic E-state index is 12.9. The van der Waals surface area contributed by atoms with Crippen molar-refractivity contribution in [2.24, 2.45) is 0 Å². The third kappa shape index (κ3) is 5.99. The molecule has 1 amide bonds. The molecule has 35 heavy (non-hydrogen) atoms. The van der Waals surface area contributed by atoms with Gasteiger partial charge in [-0.2, -0.15) is 0 Å². The molecule has 2 atom stereocenters. The van der Waals surface area contributed by atoms with Gasteiger partial charge in [-0.3, -0.25) is 9.78 Å². The van der Waals surface area contributed by atoms with Gasteiger partial charge in [0.15, 0.2) is 0 Å². The molecular weight excluding hydrogens is 442 g/mol. The lowest BCUT2D eigenvalue weighted by molar-refractivity contribution is 0.0679. The van der Waals surface area contributed by atoms with Crippen molar-refractivity contribution in [3.05, 3.63) is 65.4 Å². The van der Waals surface area contributed by atoms with Crippen molar-refractivity contribution < 1.29 is 19.0 Å². The zero-order valence-electron chi connectivity index (χ0n) is 20.2. The molecular formula is C28H33N3O4. The first kappa shape index (κ1) is 23.7. The smallest absolute Gasteiger partial charge is 0.255 e. The van der Waals surface area contributed by atoms with E-state index in [0.29, 0.717) is 18.3 Å². The Labute approximate surface area is 206 Å². The normalized spacial score (nSPS) is 19.8. The van der Waals surface area contributed by atoms with Crippen molar-refractivity contribution in [3.8, 4) is 5.75 Å². The summed E-state index contributed by atoms with van der Waals surface area (Å²) in [4.78, 5) is 17.5. The van der Waals surface area contributed by atoms with Crippen LogP contribution in [0.15, 0.2) is 48.7 Å². The van der Waals surface area contributed by atoms with Crippen LogP contribution in [0.2, 0.25) is 0 Å². The van der Waals surface area contributed by atoms with Crippen LogP contribution in [0, 0.1) is 6.92 Å². The molecule has 2 aromatic carbocycles. The molecule has 7 heteroatoms. The van der Waals surface area contributed by atoms with E-state index in [-0.39, 0.29) is 12.0 Å². The van der Waals surface area contributed by atoms with Gasteiger partial charge in [0.05, 0.1) is 17.7 Å². The maximum Gasteiger partial charge on any atom is 0.255 e. The number of aromatic nitrogens is 1. The number of carbonyl (C=O) groups is 1. The van der Waals surface area contributed by atoms with Gasteiger partial charge in [0, 0.05) is 49.1 Å². The second kappa shape index (κ2) is 11.2. The molecule has 0 saturated carbocycles. The molecule has 0 aliphatic carbocycles. The Kier molecular flexibility index (Phi) is 7.57. The number of anilines is 1. The van der Waals surface area contributed by atoms with Crippen molar-refractivity contribution in [1.82, 2.24) is 10.3 Å². The number of nitrogens with one attached hydrogen (secondary N) is 2. The van der Waals surface area contributed by atoms with Crippen LogP contribution in [0.1, 0.15) is 47.2 Å². The summed E-state index contributed by atoms with van der Waals surface area (Å²) in [5.74, 6) is 0.581. The second-order valence-electron chi connectivity index (χ2n) is 9.34. The number of amides is 1. The lowest BCUT2D eigenvalue weighted by Crippen LogP contribution is -2.25. The minimum absolute atomic E-state index is 0.159. The Morgan fingerprint density at radius 3 is 2.57 bits per heavy atom. The molecule has 2 saturated heterocycles. The molecule has 5 rings (SSSR count). The van der Waals surface area contributed by atoms with Gasteiger partial charge in [-0.25, -0.2) is 0 Å². The number of nitrogens with zero attached hydrogens (tertiary/aromatic N) is 1. The van der Waals surface area contributed by atoms with Crippen LogP contribution < -0.4 is 15.4 Å². The van der Waals surface area contributed by atoms with Crippen LogP contribution in [0.25, 0.3) is 10.9 Å². The Morgan fingerprint density at radius 2 is 1.83 bits per heavy atom. The van der Waals surface area contributed by atoms with E-state index in [0.717, 1.165) is 85.5 Å². The molecule has 1 unspecified atom stereocenters. The molecule has 2 aliphatic heterocycles. The van der Waals surface area contributed by atoms with E-state index in [1.165, 1.54) is 0 Å². The zero-order valence-corrected chi connectivity index (χ0v) is 20.2. The van der Waals surface area contributed by atoms with E-state index in [9.17, 15) is 4.79 Å². The minimum atomic E-state index is -0.159. The highest BCUT2D eigenvalue weighted by molar-refractivity contribution is 6.06. The zero-order chi connectivity index (χ0) is 24.0. The van der Waals surface area contributed by atoms with Crippen LogP contribution in [0.4, 0.5) is 5.69 Å². The number of ether oxygens (including phenoxy) is 3. The van der Waals surface area contributed by atoms with Gasteiger partial charge in [0.25, 0.3) is 5.91 Å². The first-order valence-electron chi connectivity index (χ1n) is 12.5. The predicted molar refractivity (Wildman–Crippen MR) is 136 cm³/mol. The summed E-state index contributed by atoms with van der Waals surface area (Å²) in [5.41, 5.74) is 4.32. The third-order valence-electron chi connectivity index (χ3n) is 6.71. The topological polar surface area (TPSA) is 81.7 Å². The minimum Gasteiger partial charge on any atom is -0.491 e. The van der Waals surface area contributed by atoms with Gasteiger partial charge in [-0.1, -0.05) is 6.07 Å². The lowest BCUT2D eigenvalue weighted by Gasteiger charge is -2.13. The monoisotopic (exact) mass is 475 g/mol. The fraction of sp³-hybridized carbons (Fsp3) is 0.429. The molecule has 7 nitrogen and oxygen atoms in total. The van der Waals surface area contributed by atoms with E-state index < -0.39 is 0 Å². The van der Waals surface area contributed by atoms with E-state index in [2.05, 4.69) is 21.7 Å². The summed E-state index contributed by atoms with van der Waals surface area (Å²) in [7, 11) is 0. The second-order valence-corrected chi connectivity index (χ2v) is 9.34. The van der Waals surface area contributed by atoms with Gasteiger partial charge in [0.1, 0.15) is 12.4 Å². The van der Waals surface area contributed by atoms with Gasteiger partial charge >= 0.3 is 0 Å². The Balaban J connectivity index is 1.18. The Hall–Kier alpha value is -3.00. The van der Waals surface area contributed by atoms with Crippen molar-refractivity contribution in [2.45, 2.75) is 51.4 Å². The van der Waals surface area contributed by atoms with Crippen LogP contribution >= 0.6 is 0 Å². The number of pyridine rings is 1. The molecule has 0 radical (unpaired) electrons. The van der Waals surface area contributed by atoms with Crippen LogP contribution in [-0.2, 0) is 16.0 Å². The molecule has 0 bridgehead atoms. The number of fused-ring (bicyclic) bond motifs is 1. The van der Waals surface area contributed by atoms with E-state index >= 15 is 0 Å². The first-order chi connectivity index (χ1) is 17.2.